The molecule has 1 fully saturated rings. The molecule has 22 heavy (non-hydrogen) atoms. The smallest absolute Gasteiger partial charge is 0.220 e. The molecule has 0 aromatic carbocycles. The van der Waals surface area contributed by atoms with Gasteiger partial charge < -0.3 is 10.6 Å². The van der Waals surface area contributed by atoms with E-state index in [1.165, 1.54) is 11.5 Å². The molecular weight excluding hydrogens is 300 g/mol. The van der Waals surface area contributed by atoms with Crippen molar-refractivity contribution < 1.29 is 4.79 Å². The first-order valence-corrected chi connectivity index (χ1v) is 8.18. The van der Waals surface area contributed by atoms with E-state index in [1.807, 2.05) is 13.2 Å². The van der Waals surface area contributed by atoms with Crippen LogP contribution in [0.4, 0.5) is 5.13 Å². The van der Waals surface area contributed by atoms with Crippen molar-refractivity contribution >= 4 is 22.6 Å². The molecule has 0 bridgehead atoms. The number of aryl methyl sites for hydroxylation is 1. The lowest BCUT2D eigenvalue weighted by Crippen LogP contribution is -2.45. The van der Waals surface area contributed by atoms with E-state index in [1.54, 1.807) is 10.9 Å². The molecule has 1 amide bonds. The number of carbonyl (C=O) groups is 1. The molecule has 7 nitrogen and oxygen atoms in total. The molecule has 2 N–H and O–H groups in total. The minimum absolute atomic E-state index is 0.0760. The summed E-state index contributed by atoms with van der Waals surface area (Å²) in [5.41, 5.74) is 1.00. The number of aromatic nitrogens is 4. The van der Waals surface area contributed by atoms with Crippen LogP contribution in [0.25, 0.3) is 0 Å². The lowest BCUT2D eigenvalue weighted by Gasteiger charge is -2.32. The van der Waals surface area contributed by atoms with Gasteiger partial charge >= 0.3 is 0 Å². The van der Waals surface area contributed by atoms with Crippen molar-refractivity contribution in [3.05, 3.63) is 23.8 Å². The van der Waals surface area contributed by atoms with Crippen LogP contribution in [0.1, 0.15) is 50.0 Å². The van der Waals surface area contributed by atoms with Gasteiger partial charge in [-0.05, 0) is 6.42 Å². The molecule has 3 heterocycles. The van der Waals surface area contributed by atoms with Gasteiger partial charge in [0.1, 0.15) is 5.82 Å². The molecule has 1 saturated heterocycles. The quantitative estimate of drug-likeness (QED) is 0.898. The van der Waals surface area contributed by atoms with Crippen LogP contribution in [-0.2, 0) is 11.8 Å². The SMILES string of the molecule is CC(C)c1nsc(N[C@@H]2CCC(=O)N[C@H]2c2cnn(C)c2)n1. The van der Waals surface area contributed by atoms with E-state index in [0.717, 1.165) is 22.9 Å². The minimum Gasteiger partial charge on any atom is -0.355 e. The summed E-state index contributed by atoms with van der Waals surface area (Å²) in [7, 11) is 1.87. The molecule has 2 atom stereocenters. The van der Waals surface area contributed by atoms with Gasteiger partial charge in [0.2, 0.25) is 11.0 Å². The highest BCUT2D eigenvalue weighted by Crippen LogP contribution is 2.28. The van der Waals surface area contributed by atoms with Crippen LogP contribution in [0, 0.1) is 0 Å². The maximum Gasteiger partial charge on any atom is 0.220 e. The highest BCUT2D eigenvalue weighted by molar-refractivity contribution is 7.09. The average Bonchev–Trinajstić information content (AvgIpc) is 3.10. The van der Waals surface area contributed by atoms with Gasteiger partial charge in [0.25, 0.3) is 0 Å². The first-order valence-electron chi connectivity index (χ1n) is 7.41. The maximum atomic E-state index is 11.8. The van der Waals surface area contributed by atoms with E-state index in [4.69, 9.17) is 0 Å². The molecule has 0 saturated carbocycles. The van der Waals surface area contributed by atoms with Crippen LogP contribution < -0.4 is 10.6 Å². The fourth-order valence-electron chi connectivity index (χ4n) is 2.56. The van der Waals surface area contributed by atoms with Gasteiger partial charge in [-0.15, -0.1) is 0 Å². The van der Waals surface area contributed by atoms with E-state index < -0.39 is 0 Å². The molecule has 0 unspecified atom stereocenters. The van der Waals surface area contributed by atoms with Gasteiger partial charge in [0, 0.05) is 42.7 Å². The monoisotopic (exact) mass is 320 g/mol. The summed E-state index contributed by atoms with van der Waals surface area (Å²) in [6.07, 6.45) is 5.02. The summed E-state index contributed by atoms with van der Waals surface area (Å²) in [5, 5.41) is 11.5. The number of nitrogens with zero attached hydrogens (tertiary/aromatic N) is 4. The van der Waals surface area contributed by atoms with Crippen molar-refractivity contribution in [3.8, 4) is 0 Å². The molecule has 3 rings (SSSR count). The Balaban J connectivity index is 1.78. The van der Waals surface area contributed by atoms with Crippen LogP contribution in [-0.4, -0.2) is 31.1 Å². The van der Waals surface area contributed by atoms with E-state index in [9.17, 15) is 4.79 Å². The molecule has 1 aliphatic heterocycles. The van der Waals surface area contributed by atoms with Gasteiger partial charge in [-0.25, -0.2) is 4.98 Å². The van der Waals surface area contributed by atoms with Crippen LogP contribution >= 0.6 is 11.5 Å². The molecule has 0 aliphatic carbocycles. The number of anilines is 1. The number of carbonyl (C=O) groups excluding carboxylic acids is 1. The first-order chi connectivity index (χ1) is 10.5. The minimum atomic E-state index is -0.0960. The maximum absolute atomic E-state index is 11.8. The Morgan fingerprint density at radius 3 is 2.95 bits per heavy atom. The van der Waals surface area contributed by atoms with E-state index in [-0.39, 0.29) is 18.0 Å². The molecule has 0 spiro atoms. The normalized spacial score (nSPS) is 21.9. The van der Waals surface area contributed by atoms with Crippen LogP contribution in [0.2, 0.25) is 0 Å². The molecular formula is C14H20N6OS. The predicted molar refractivity (Wildman–Crippen MR) is 84.7 cm³/mol. The standard InChI is InChI=1S/C14H20N6OS/c1-8(2)13-18-14(22-19-13)16-10-4-5-11(21)17-12(10)9-6-15-20(3)7-9/h6-8,10,12H,4-5H2,1-3H3,(H,17,21)(H,16,18,19)/t10-,12+/m1/s1. The molecule has 118 valence electrons. The molecule has 2 aromatic rings. The number of rotatable bonds is 4. The molecule has 8 heteroatoms. The van der Waals surface area contributed by atoms with Gasteiger partial charge in [0.15, 0.2) is 0 Å². The summed E-state index contributed by atoms with van der Waals surface area (Å²) < 4.78 is 6.11. The second-order valence-corrected chi connectivity index (χ2v) is 6.65. The van der Waals surface area contributed by atoms with Gasteiger partial charge in [0.05, 0.1) is 18.3 Å². The zero-order chi connectivity index (χ0) is 15.7. The van der Waals surface area contributed by atoms with Crippen LogP contribution in [0.5, 0.6) is 0 Å². The van der Waals surface area contributed by atoms with Crippen molar-refractivity contribution in [2.24, 2.45) is 7.05 Å². The second kappa shape index (κ2) is 6.04. The van der Waals surface area contributed by atoms with E-state index in [0.29, 0.717) is 12.3 Å². The van der Waals surface area contributed by atoms with Crippen molar-refractivity contribution in [1.82, 2.24) is 24.5 Å². The largest absolute Gasteiger partial charge is 0.355 e. The topological polar surface area (TPSA) is 84.7 Å². The fourth-order valence-corrected chi connectivity index (χ4v) is 3.33. The summed E-state index contributed by atoms with van der Waals surface area (Å²) in [6.45, 7) is 4.15. The Kier molecular flexibility index (Phi) is 4.10. The Morgan fingerprint density at radius 2 is 2.32 bits per heavy atom. The highest BCUT2D eigenvalue weighted by atomic mass is 32.1. The van der Waals surface area contributed by atoms with Gasteiger partial charge in [-0.2, -0.15) is 9.47 Å². The van der Waals surface area contributed by atoms with Crippen molar-refractivity contribution in [3.63, 3.8) is 0 Å². The van der Waals surface area contributed by atoms with Crippen LogP contribution in [0.15, 0.2) is 12.4 Å². The third kappa shape index (κ3) is 3.11. The second-order valence-electron chi connectivity index (χ2n) is 5.89. The molecule has 0 radical (unpaired) electrons. The van der Waals surface area contributed by atoms with E-state index >= 15 is 0 Å². The first kappa shape index (κ1) is 15.0. The number of amides is 1. The summed E-state index contributed by atoms with van der Waals surface area (Å²) >= 11 is 1.37. The lowest BCUT2D eigenvalue weighted by atomic mass is 9.94. The summed E-state index contributed by atoms with van der Waals surface area (Å²) in [5.74, 6) is 1.24. The summed E-state index contributed by atoms with van der Waals surface area (Å²) in [4.78, 5) is 16.3. The lowest BCUT2D eigenvalue weighted by molar-refractivity contribution is -0.123. The summed E-state index contributed by atoms with van der Waals surface area (Å²) in [6, 6.07) is -0.00351. The van der Waals surface area contributed by atoms with Gasteiger partial charge in [-0.1, -0.05) is 13.8 Å². The van der Waals surface area contributed by atoms with Gasteiger partial charge in [-0.3, -0.25) is 9.48 Å². The highest BCUT2D eigenvalue weighted by Gasteiger charge is 2.31. The Hall–Kier alpha value is -1.96. The predicted octanol–water partition coefficient (Wildman–Crippen LogP) is 1.83. The molecule has 2 aromatic heterocycles. The average molecular weight is 320 g/mol. The van der Waals surface area contributed by atoms with Crippen molar-refractivity contribution in [2.75, 3.05) is 5.32 Å². The number of hydrogen-bond acceptors (Lipinski definition) is 6. The van der Waals surface area contributed by atoms with E-state index in [2.05, 4.69) is 38.9 Å². The van der Waals surface area contributed by atoms with Crippen molar-refractivity contribution in [2.45, 2.75) is 44.7 Å². The third-order valence-electron chi connectivity index (χ3n) is 3.75. The van der Waals surface area contributed by atoms with Crippen molar-refractivity contribution in [1.29, 1.82) is 0 Å². The van der Waals surface area contributed by atoms with Crippen LogP contribution in [0.3, 0.4) is 0 Å². The molecule has 1 aliphatic rings. The fraction of sp³-hybridized carbons (Fsp3) is 0.571. The number of hydrogen-bond donors (Lipinski definition) is 2. The Bertz CT molecular complexity index is 664. The Labute approximate surface area is 133 Å². The number of piperidine rings is 1. The zero-order valence-corrected chi connectivity index (χ0v) is 13.7. The third-order valence-corrected chi connectivity index (χ3v) is 4.41. The number of nitrogens with one attached hydrogen (secondary N) is 2. The zero-order valence-electron chi connectivity index (χ0n) is 12.9. The Morgan fingerprint density at radius 1 is 1.50 bits per heavy atom.